The SMILES string of the molecule is CCNC(C)C(C)(C)CN(C)CC1CC1. The molecular weight excluding hydrogens is 184 g/mol. The Hall–Kier alpha value is -0.0800. The van der Waals surface area contributed by atoms with E-state index in [0.717, 1.165) is 12.5 Å². The summed E-state index contributed by atoms with van der Waals surface area (Å²) in [4.78, 5) is 2.51. The fraction of sp³-hybridized carbons (Fsp3) is 1.00. The van der Waals surface area contributed by atoms with Crippen molar-refractivity contribution in [2.24, 2.45) is 11.3 Å². The Labute approximate surface area is 95.4 Å². The van der Waals surface area contributed by atoms with Crippen LogP contribution in [0.1, 0.15) is 40.5 Å². The minimum absolute atomic E-state index is 0.361. The van der Waals surface area contributed by atoms with Crippen LogP contribution in [-0.2, 0) is 0 Å². The summed E-state index contributed by atoms with van der Waals surface area (Å²) in [5.41, 5.74) is 0.361. The summed E-state index contributed by atoms with van der Waals surface area (Å²) in [5, 5.41) is 3.53. The van der Waals surface area contributed by atoms with Crippen LogP contribution in [0.4, 0.5) is 0 Å². The van der Waals surface area contributed by atoms with Crippen LogP contribution in [0.15, 0.2) is 0 Å². The highest BCUT2D eigenvalue weighted by Crippen LogP contribution is 2.30. The van der Waals surface area contributed by atoms with E-state index < -0.39 is 0 Å². The van der Waals surface area contributed by atoms with Gasteiger partial charge in [0.1, 0.15) is 0 Å². The molecule has 1 fully saturated rings. The highest BCUT2D eigenvalue weighted by atomic mass is 15.1. The van der Waals surface area contributed by atoms with Crippen LogP contribution in [0.5, 0.6) is 0 Å². The van der Waals surface area contributed by atoms with E-state index in [1.807, 2.05) is 0 Å². The lowest BCUT2D eigenvalue weighted by Crippen LogP contribution is -2.46. The summed E-state index contributed by atoms with van der Waals surface area (Å²) in [6, 6.07) is 0.587. The zero-order valence-corrected chi connectivity index (χ0v) is 11.1. The minimum Gasteiger partial charge on any atom is -0.314 e. The van der Waals surface area contributed by atoms with Gasteiger partial charge in [0, 0.05) is 19.1 Å². The molecule has 1 saturated carbocycles. The van der Waals surface area contributed by atoms with Crippen LogP contribution in [0.3, 0.4) is 0 Å². The van der Waals surface area contributed by atoms with Gasteiger partial charge in [-0.15, -0.1) is 0 Å². The second-order valence-electron chi connectivity index (χ2n) is 5.91. The summed E-state index contributed by atoms with van der Waals surface area (Å²) in [6.45, 7) is 12.8. The molecule has 0 aromatic carbocycles. The van der Waals surface area contributed by atoms with Crippen molar-refractivity contribution in [1.82, 2.24) is 10.2 Å². The van der Waals surface area contributed by atoms with Crippen LogP contribution in [0, 0.1) is 11.3 Å². The Morgan fingerprint density at radius 1 is 1.40 bits per heavy atom. The fourth-order valence-corrected chi connectivity index (χ4v) is 2.22. The minimum atomic E-state index is 0.361. The molecule has 1 rings (SSSR count). The molecule has 1 N–H and O–H groups in total. The average Bonchev–Trinajstić information content (AvgIpc) is 2.87. The van der Waals surface area contributed by atoms with Crippen molar-refractivity contribution >= 4 is 0 Å². The Morgan fingerprint density at radius 3 is 2.47 bits per heavy atom. The van der Waals surface area contributed by atoms with Gasteiger partial charge < -0.3 is 10.2 Å². The lowest BCUT2D eigenvalue weighted by molar-refractivity contribution is 0.162. The standard InChI is InChI=1S/C13H28N2/c1-6-14-11(2)13(3,4)10-15(5)9-12-7-8-12/h11-12,14H,6-10H2,1-5H3. The van der Waals surface area contributed by atoms with Gasteiger partial charge in [-0.25, -0.2) is 0 Å². The molecule has 1 aliphatic carbocycles. The van der Waals surface area contributed by atoms with Crippen molar-refractivity contribution in [1.29, 1.82) is 0 Å². The van der Waals surface area contributed by atoms with Gasteiger partial charge in [0.15, 0.2) is 0 Å². The molecule has 90 valence electrons. The maximum Gasteiger partial charge on any atom is 0.0102 e. The second kappa shape index (κ2) is 5.31. The normalized spacial score (nSPS) is 19.6. The third-order valence-electron chi connectivity index (χ3n) is 3.63. The molecule has 0 aliphatic heterocycles. The number of hydrogen-bond donors (Lipinski definition) is 1. The van der Waals surface area contributed by atoms with Gasteiger partial charge in [-0.1, -0.05) is 20.8 Å². The van der Waals surface area contributed by atoms with E-state index in [2.05, 4.69) is 45.0 Å². The van der Waals surface area contributed by atoms with E-state index >= 15 is 0 Å². The van der Waals surface area contributed by atoms with Gasteiger partial charge in [-0.05, 0) is 44.7 Å². The van der Waals surface area contributed by atoms with Crippen molar-refractivity contribution < 1.29 is 0 Å². The summed E-state index contributed by atoms with van der Waals surface area (Å²) < 4.78 is 0. The lowest BCUT2D eigenvalue weighted by Gasteiger charge is -2.36. The molecule has 0 spiro atoms. The van der Waals surface area contributed by atoms with Gasteiger partial charge >= 0.3 is 0 Å². The van der Waals surface area contributed by atoms with Crippen molar-refractivity contribution in [3.8, 4) is 0 Å². The molecule has 2 nitrogen and oxygen atoms in total. The lowest BCUT2D eigenvalue weighted by atomic mass is 9.84. The monoisotopic (exact) mass is 212 g/mol. The van der Waals surface area contributed by atoms with Crippen LogP contribution in [0.2, 0.25) is 0 Å². The molecule has 1 atom stereocenters. The molecule has 1 aliphatic rings. The zero-order chi connectivity index (χ0) is 11.5. The Morgan fingerprint density at radius 2 is 2.00 bits per heavy atom. The first-order valence-electron chi connectivity index (χ1n) is 6.37. The number of nitrogens with one attached hydrogen (secondary N) is 1. The summed E-state index contributed by atoms with van der Waals surface area (Å²) in [6.07, 6.45) is 2.90. The van der Waals surface area contributed by atoms with E-state index in [4.69, 9.17) is 0 Å². The van der Waals surface area contributed by atoms with E-state index in [1.165, 1.54) is 25.9 Å². The molecule has 0 bridgehead atoms. The van der Waals surface area contributed by atoms with Gasteiger partial charge in [0.05, 0.1) is 0 Å². The smallest absolute Gasteiger partial charge is 0.0102 e. The maximum atomic E-state index is 3.53. The first-order chi connectivity index (χ1) is 6.95. The van der Waals surface area contributed by atoms with Gasteiger partial charge in [-0.3, -0.25) is 0 Å². The molecule has 0 saturated heterocycles. The van der Waals surface area contributed by atoms with Gasteiger partial charge in [-0.2, -0.15) is 0 Å². The predicted molar refractivity (Wildman–Crippen MR) is 67.1 cm³/mol. The molecular formula is C13H28N2. The second-order valence-corrected chi connectivity index (χ2v) is 5.91. The first kappa shape index (κ1) is 13.0. The predicted octanol–water partition coefficient (Wildman–Crippen LogP) is 2.35. The molecule has 0 aromatic rings. The van der Waals surface area contributed by atoms with Crippen molar-refractivity contribution in [3.63, 3.8) is 0 Å². The van der Waals surface area contributed by atoms with Gasteiger partial charge in [0.2, 0.25) is 0 Å². The maximum absolute atomic E-state index is 3.53. The Kier molecular flexibility index (Phi) is 4.60. The van der Waals surface area contributed by atoms with E-state index in [0.29, 0.717) is 11.5 Å². The van der Waals surface area contributed by atoms with Crippen molar-refractivity contribution in [3.05, 3.63) is 0 Å². The van der Waals surface area contributed by atoms with E-state index in [9.17, 15) is 0 Å². The Balaban J connectivity index is 2.31. The van der Waals surface area contributed by atoms with Crippen LogP contribution < -0.4 is 5.32 Å². The third-order valence-corrected chi connectivity index (χ3v) is 3.63. The molecule has 0 amide bonds. The zero-order valence-electron chi connectivity index (χ0n) is 11.1. The quantitative estimate of drug-likeness (QED) is 0.697. The van der Waals surface area contributed by atoms with Crippen molar-refractivity contribution in [2.75, 3.05) is 26.7 Å². The highest BCUT2D eigenvalue weighted by molar-refractivity contribution is 4.85. The molecule has 15 heavy (non-hydrogen) atoms. The molecule has 0 aromatic heterocycles. The first-order valence-corrected chi connectivity index (χ1v) is 6.37. The number of rotatable bonds is 7. The molecule has 0 heterocycles. The largest absolute Gasteiger partial charge is 0.314 e. The molecule has 2 heteroatoms. The average molecular weight is 212 g/mol. The summed E-state index contributed by atoms with van der Waals surface area (Å²) >= 11 is 0. The van der Waals surface area contributed by atoms with Crippen LogP contribution in [-0.4, -0.2) is 37.6 Å². The summed E-state index contributed by atoms with van der Waals surface area (Å²) in [5.74, 6) is 1.00. The topological polar surface area (TPSA) is 15.3 Å². The number of nitrogens with zero attached hydrogens (tertiary/aromatic N) is 1. The molecule has 0 radical (unpaired) electrons. The Bertz CT molecular complexity index is 185. The molecule has 1 unspecified atom stereocenters. The third kappa shape index (κ3) is 4.52. The summed E-state index contributed by atoms with van der Waals surface area (Å²) in [7, 11) is 2.26. The van der Waals surface area contributed by atoms with Crippen molar-refractivity contribution in [2.45, 2.75) is 46.6 Å². The highest BCUT2D eigenvalue weighted by Gasteiger charge is 2.29. The number of hydrogen-bond acceptors (Lipinski definition) is 2. The van der Waals surface area contributed by atoms with E-state index in [1.54, 1.807) is 0 Å². The van der Waals surface area contributed by atoms with Gasteiger partial charge in [0.25, 0.3) is 0 Å². The van der Waals surface area contributed by atoms with Crippen LogP contribution in [0.25, 0.3) is 0 Å². The fourth-order valence-electron chi connectivity index (χ4n) is 2.22. The van der Waals surface area contributed by atoms with Crippen LogP contribution >= 0.6 is 0 Å². The van der Waals surface area contributed by atoms with E-state index in [-0.39, 0.29) is 0 Å².